The second-order valence-corrected chi connectivity index (χ2v) is 6.23. The van der Waals surface area contributed by atoms with Gasteiger partial charge in [-0.1, -0.05) is 42.2 Å². The van der Waals surface area contributed by atoms with Crippen LogP contribution in [0.25, 0.3) is 0 Å². The van der Waals surface area contributed by atoms with Crippen molar-refractivity contribution in [3.63, 3.8) is 0 Å². The molecule has 0 spiro atoms. The predicted octanol–water partition coefficient (Wildman–Crippen LogP) is 5.27. The van der Waals surface area contributed by atoms with Gasteiger partial charge in [0.15, 0.2) is 0 Å². The third-order valence-electron chi connectivity index (χ3n) is 3.26. The van der Waals surface area contributed by atoms with Gasteiger partial charge in [-0.05, 0) is 53.9 Å². The molecule has 2 nitrogen and oxygen atoms in total. The summed E-state index contributed by atoms with van der Waals surface area (Å²) in [5.41, 5.74) is 3.79. The van der Waals surface area contributed by atoms with Crippen LogP contribution in [0.2, 0.25) is 0 Å². The first-order chi connectivity index (χ1) is 9.86. The monoisotopic (exact) mass is 291 g/mol. The van der Waals surface area contributed by atoms with Gasteiger partial charge in [-0.25, -0.2) is 0 Å². The zero-order valence-corrected chi connectivity index (χ0v) is 14.8. The van der Waals surface area contributed by atoms with Crippen molar-refractivity contribution >= 4 is 5.91 Å². The summed E-state index contributed by atoms with van der Waals surface area (Å²) in [7, 11) is 0. The van der Waals surface area contributed by atoms with E-state index in [1.54, 1.807) is 6.08 Å². The topological polar surface area (TPSA) is 20.3 Å². The average Bonchev–Trinajstić information content (AvgIpc) is 2.37. The Balaban J connectivity index is 4.55. The van der Waals surface area contributed by atoms with E-state index in [4.69, 9.17) is 0 Å². The molecule has 0 bridgehead atoms. The number of carbonyl (C=O) groups excluding carboxylic acids is 1. The molecule has 0 radical (unpaired) electrons. The molecule has 0 heterocycles. The van der Waals surface area contributed by atoms with Crippen LogP contribution in [0.4, 0.5) is 0 Å². The van der Waals surface area contributed by atoms with E-state index in [1.807, 2.05) is 18.7 Å². The van der Waals surface area contributed by atoms with Crippen LogP contribution in [0.5, 0.6) is 0 Å². The van der Waals surface area contributed by atoms with Gasteiger partial charge in [-0.2, -0.15) is 0 Å². The van der Waals surface area contributed by atoms with Gasteiger partial charge in [0.05, 0.1) is 0 Å². The fraction of sp³-hybridized carbons (Fsp3) is 0.632. The lowest BCUT2D eigenvalue weighted by Crippen LogP contribution is -2.31. The summed E-state index contributed by atoms with van der Waals surface area (Å²) in [6, 6.07) is 0. The van der Waals surface area contributed by atoms with Crippen LogP contribution in [0, 0.1) is 0 Å². The maximum atomic E-state index is 12.2. The first-order valence-corrected chi connectivity index (χ1v) is 8.09. The molecule has 0 aromatic rings. The maximum Gasteiger partial charge on any atom is 0.246 e. The predicted molar refractivity (Wildman–Crippen MR) is 93.3 cm³/mol. The Hall–Kier alpha value is -1.31. The van der Waals surface area contributed by atoms with Crippen molar-refractivity contribution in [1.82, 2.24) is 4.90 Å². The van der Waals surface area contributed by atoms with Crippen LogP contribution >= 0.6 is 0 Å². The van der Waals surface area contributed by atoms with Crippen LogP contribution in [-0.4, -0.2) is 23.9 Å². The number of rotatable bonds is 9. The highest BCUT2D eigenvalue weighted by molar-refractivity contribution is 5.88. The lowest BCUT2D eigenvalue weighted by atomic mass is 10.1. The minimum Gasteiger partial charge on any atom is -0.335 e. The molecule has 0 saturated heterocycles. The summed E-state index contributed by atoms with van der Waals surface area (Å²) in [4.78, 5) is 14.1. The highest BCUT2D eigenvalue weighted by atomic mass is 16.2. The van der Waals surface area contributed by atoms with Crippen molar-refractivity contribution < 1.29 is 4.79 Å². The summed E-state index contributed by atoms with van der Waals surface area (Å²) < 4.78 is 0. The first kappa shape index (κ1) is 19.7. The lowest BCUT2D eigenvalue weighted by Gasteiger charge is -2.20. The minimum absolute atomic E-state index is 0.136. The van der Waals surface area contributed by atoms with Crippen molar-refractivity contribution in [1.29, 1.82) is 0 Å². The highest BCUT2D eigenvalue weighted by Gasteiger charge is 2.08. The summed E-state index contributed by atoms with van der Waals surface area (Å²) in [6.45, 7) is 14.1. The molecule has 0 rings (SSSR count). The minimum atomic E-state index is 0.136. The smallest absolute Gasteiger partial charge is 0.246 e. The molecule has 2 heteroatoms. The largest absolute Gasteiger partial charge is 0.335 e. The normalized spacial score (nSPS) is 11.0. The Morgan fingerprint density at radius 2 is 1.67 bits per heavy atom. The highest BCUT2D eigenvalue weighted by Crippen LogP contribution is 2.08. The molecule has 0 N–H and O–H groups in total. The zero-order chi connectivity index (χ0) is 16.3. The molecule has 0 fully saturated rings. The number of unbranched alkanes of at least 4 members (excludes halogenated alkanes) is 1. The number of nitrogens with zero attached hydrogens (tertiary/aromatic N) is 1. The number of allylic oxidation sites excluding steroid dienone is 4. The quantitative estimate of drug-likeness (QED) is 0.418. The van der Waals surface area contributed by atoms with Crippen molar-refractivity contribution in [2.75, 3.05) is 13.1 Å². The maximum absolute atomic E-state index is 12.2. The van der Waals surface area contributed by atoms with E-state index in [0.29, 0.717) is 0 Å². The summed E-state index contributed by atoms with van der Waals surface area (Å²) in [5, 5.41) is 0. The second kappa shape index (κ2) is 11.4. The number of carbonyl (C=O) groups is 1. The van der Waals surface area contributed by atoms with Crippen LogP contribution in [0.1, 0.15) is 67.2 Å². The molecule has 120 valence electrons. The molecule has 0 aliphatic carbocycles. The Morgan fingerprint density at radius 3 is 2.19 bits per heavy atom. The van der Waals surface area contributed by atoms with Crippen LogP contribution in [0.15, 0.2) is 34.9 Å². The summed E-state index contributed by atoms with van der Waals surface area (Å²) >= 11 is 0. The van der Waals surface area contributed by atoms with E-state index < -0.39 is 0 Å². The Kier molecular flexibility index (Phi) is 10.7. The van der Waals surface area contributed by atoms with E-state index >= 15 is 0 Å². The SMILES string of the molecule is CCCCN(CC=C(C)CCC=C(C)C)C(=O)C=C(C)C. The fourth-order valence-electron chi connectivity index (χ4n) is 1.94. The van der Waals surface area contributed by atoms with Gasteiger partial charge in [-0.3, -0.25) is 4.79 Å². The molecule has 0 aliphatic rings. The molecular formula is C19H33NO. The molecule has 1 amide bonds. The lowest BCUT2D eigenvalue weighted by molar-refractivity contribution is -0.125. The van der Waals surface area contributed by atoms with E-state index in [-0.39, 0.29) is 5.91 Å². The Bertz CT molecular complexity index is 394. The molecule has 0 atom stereocenters. The Morgan fingerprint density at radius 1 is 1.00 bits per heavy atom. The van der Waals surface area contributed by atoms with Crippen LogP contribution in [-0.2, 0) is 4.79 Å². The summed E-state index contributed by atoms with van der Waals surface area (Å²) in [6.07, 6.45) is 10.5. The van der Waals surface area contributed by atoms with Crippen molar-refractivity contribution in [3.05, 3.63) is 34.9 Å². The van der Waals surface area contributed by atoms with Gasteiger partial charge in [0.25, 0.3) is 0 Å². The zero-order valence-electron chi connectivity index (χ0n) is 14.8. The molecule has 0 unspecified atom stereocenters. The average molecular weight is 291 g/mol. The molecule has 21 heavy (non-hydrogen) atoms. The van der Waals surface area contributed by atoms with Crippen molar-refractivity contribution in [2.24, 2.45) is 0 Å². The molecule has 0 saturated carbocycles. The van der Waals surface area contributed by atoms with E-state index in [9.17, 15) is 4.79 Å². The van der Waals surface area contributed by atoms with Crippen molar-refractivity contribution in [3.8, 4) is 0 Å². The third kappa shape index (κ3) is 11.1. The number of hydrogen-bond donors (Lipinski definition) is 0. The van der Waals surface area contributed by atoms with Gasteiger partial charge in [-0.15, -0.1) is 0 Å². The molecule has 0 aromatic carbocycles. The van der Waals surface area contributed by atoms with Gasteiger partial charge >= 0.3 is 0 Å². The summed E-state index contributed by atoms with van der Waals surface area (Å²) in [5.74, 6) is 0.136. The van der Waals surface area contributed by atoms with Crippen molar-refractivity contribution in [2.45, 2.75) is 67.2 Å². The molecular weight excluding hydrogens is 258 g/mol. The first-order valence-electron chi connectivity index (χ1n) is 8.09. The van der Waals surface area contributed by atoms with Crippen LogP contribution < -0.4 is 0 Å². The standard InChI is InChI=1S/C19H33NO/c1-7-8-13-20(19(21)15-17(4)5)14-12-18(6)11-9-10-16(2)3/h10,12,15H,7-9,11,13-14H2,1-6H3. The van der Waals surface area contributed by atoms with E-state index in [1.165, 1.54) is 11.1 Å². The molecule has 0 aromatic heterocycles. The third-order valence-corrected chi connectivity index (χ3v) is 3.26. The van der Waals surface area contributed by atoms with Gasteiger partial charge in [0, 0.05) is 19.2 Å². The number of hydrogen-bond acceptors (Lipinski definition) is 1. The fourth-order valence-corrected chi connectivity index (χ4v) is 1.94. The van der Waals surface area contributed by atoms with E-state index in [2.05, 4.69) is 39.8 Å². The van der Waals surface area contributed by atoms with Crippen LogP contribution in [0.3, 0.4) is 0 Å². The number of amides is 1. The Labute approximate surface area is 131 Å². The van der Waals surface area contributed by atoms with E-state index in [0.717, 1.165) is 44.3 Å². The molecule has 0 aliphatic heterocycles. The van der Waals surface area contributed by atoms with Gasteiger partial charge in [0.2, 0.25) is 5.91 Å². The van der Waals surface area contributed by atoms with Gasteiger partial charge < -0.3 is 4.90 Å². The second-order valence-electron chi connectivity index (χ2n) is 6.23. The van der Waals surface area contributed by atoms with Gasteiger partial charge in [0.1, 0.15) is 0 Å².